The molecule has 4 nitrogen and oxygen atoms in total. The maximum absolute atomic E-state index is 13.1. The second-order valence-corrected chi connectivity index (χ2v) is 6.66. The van der Waals surface area contributed by atoms with E-state index in [1.54, 1.807) is 36.5 Å². The highest BCUT2D eigenvalue weighted by molar-refractivity contribution is 6.05. The molecule has 4 aromatic rings. The predicted molar refractivity (Wildman–Crippen MR) is 114 cm³/mol. The summed E-state index contributed by atoms with van der Waals surface area (Å²) >= 11 is 0. The predicted octanol–water partition coefficient (Wildman–Crippen LogP) is 4.62. The number of aromatic nitrogens is 1. The first-order valence-electron chi connectivity index (χ1n) is 9.35. The average Bonchev–Trinajstić information content (AvgIpc) is 2.80. The third kappa shape index (κ3) is 3.66. The standard InChI is InChI=1S/C25H20N2O2/c28-24(27-20-13-5-2-6-14-20)21-15-7-8-16-22(21)25(29,19-11-3-1-4-12-19)23-17-9-10-18-26-23/h1-18,29H,(H,27,28). The molecule has 1 aromatic heterocycles. The summed E-state index contributed by atoms with van der Waals surface area (Å²) in [5.41, 5.74) is 1.05. The zero-order chi connectivity index (χ0) is 20.1. The molecule has 1 amide bonds. The molecule has 2 N–H and O–H groups in total. The number of nitrogens with one attached hydrogen (secondary N) is 1. The van der Waals surface area contributed by atoms with Crippen molar-refractivity contribution in [3.05, 3.63) is 132 Å². The Labute approximate surface area is 169 Å². The smallest absolute Gasteiger partial charge is 0.256 e. The Kier molecular flexibility index (Phi) is 5.18. The number of para-hydroxylation sites is 1. The molecular formula is C25H20N2O2. The molecule has 0 bridgehead atoms. The highest BCUT2D eigenvalue weighted by atomic mass is 16.3. The Morgan fingerprint density at radius 2 is 1.38 bits per heavy atom. The van der Waals surface area contributed by atoms with Gasteiger partial charge in [0, 0.05) is 23.0 Å². The first-order valence-corrected chi connectivity index (χ1v) is 9.35. The molecule has 0 spiro atoms. The number of nitrogens with zero attached hydrogens (tertiary/aromatic N) is 1. The molecule has 4 rings (SSSR count). The van der Waals surface area contributed by atoms with Gasteiger partial charge in [0.1, 0.15) is 0 Å². The normalized spacial score (nSPS) is 12.7. The fourth-order valence-electron chi connectivity index (χ4n) is 3.41. The van der Waals surface area contributed by atoms with E-state index in [-0.39, 0.29) is 5.91 Å². The van der Waals surface area contributed by atoms with Gasteiger partial charge < -0.3 is 10.4 Å². The fraction of sp³-hybridized carbons (Fsp3) is 0.0400. The van der Waals surface area contributed by atoms with Crippen molar-refractivity contribution in [3.63, 3.8) is 0 Å². The minimum Gasteiger partial charge on any atom is -0.374 e. The summed E-state index contributed by atoms with van der Waals surface area (Å²) in [4.78, 5) is 17.5. The van der Waals surface area contributed by atoms with Crippen molar-refractivity contribution in [3.8, 4) is 0 Å². The largest absolute Gasteiger partial charge is 0.374 e. The number of amides is 1. The molecule has 29 heavy (non-hydrogen) atoms. The third-order valence-electron chi connectivity index (χ3n) is 4.82. The highest BCUT2D eigenvalue weighted by Gasteiger charge is 2.38. The number of anilines is 1. The van der Waals surface area contributed by atoms with Gasteiger partial charge in [0.15, 0.2) is 5.60 Å². The molecule has 142 valence electrons. The Hall–Kier alpha value is -3.76. The zero-order valence-corrected chi connectivity index (χ0v) is 15.7. The van der Waals surface area contributed by atoms with E-state index in [4.69, 9.17) is 0 Å². The van der Waals surface area contributed by atoms with Gasteiger partial charge in [0.2, 0.25) is 0 Å². The number of carbonyl (C=O) groups excluding carboxylic acids is 1. The second kappa shape index (κ2) is 8.09. The Bertz CT molecular complexity index is 1060. The van der Waals surface area contributed by atoms with Gasteiger partial charge in [0.25, 0.3) is 5.91 Å². The van der Waals surface area contributed by atoms with E-state index in [2.05, 4.69) is 10.3 Å². The summed E-state index contributed by atoms with van der Waals surface area (Å²) in [6, 6.07) is 31.0. The van der Waals surface area contributed by atoms with E-state index in [9.17, 15) is 9.90 Å². The van der Waals surface area contributed by atoms with Gasteiger partial charge in [-0.15, -0.1) is 0 Å². The van der Waals surface area contributed by atoms with Gasteiger partial charge in [-0.2, -0.15) is 0 Å². The first-order chi connectivity index (χ1) is 14.2. The molecule has 3 aromatic carbocycles. The lowest BCUT2D eigenvalue weighted by atomic mass is 9.80. The summed E-state index contributed by atoms with van der Waals surface area (Å²) in [7, 11) is 0. The van der Waals surface area contributed by atoms with Crippen LogP contribution in [0.3, 0.4) is 0 Å². The van der Waals surface area contributed by atoms with Crippen LogP contribution in [-0.4, -0.2) is 16.0 Å². The molecule has 0 saturated carbocycles. The lowest BCUT2D eigenvalue weighted by molar-refractivity contribution is 0.0991. The van der Waals surface area contributed by atoms with Crippen LogP contribution < -0.4 is 5.32 Å². The van der Waals surface area contributed by atoms with Crippen LogP contribution in [0.4, 0.5) is 5.69 Å². The maximum Gasteiger partial charge on any atom is 0.256 e. The van der Waals surface area contributed by atoms with Crippen molar-refractivity contribution in [2.24, 2.45) is 0 Å². The molecule has 0 aliphatic rings. The SMILES string of the molecule is O=C(Nc1ccccc1)c1ccccc1C(O)(c1ccccc1)c1ccccn1. The Balaban J connectivity index is 1.86. The number of rotatable bonds is 5. The minimum absolute atomic E-state index is 0.294. The van der Waals surface area contributed by atoms with Crippen LogP contribution >= 0.6 is 0 Å². The van der Waals surface area contributed by atoms with Crippen LogP contribution in [-0.2, 0) is 5.60 Å². The quantitative estimate of drug-likeness (QED) is 0.531. The van der Waals surface area contributed by atoms with Crippen molar-refractivity contribution in [1.82, 2.24) is 4.98 Å². The zero-order valence-electron chi connectivity index (χ0n) is 15.7. The number of carbonyl (C=O) groups is 1. The fourth-order valence-corrected chi connectivity index (χ4v) is 3.41. The molecule has 0 aliphatic heterocycles. The minimum atomic E-state index is -1.58. The second-order valence-electron chi connectivity index (χ2n) is 6.66. The number of aliphatic hydroxyl groups is 1. The molecule has 0 aliphatic carbocycles. The van der Waals surface area contributed by atoms with Crippen molar-refractivity contribution in [1.29, 1.82) is 0 Å². The van der Waals surface area contributed by atoms with E-state index >= 15 is 0 Å². The average molecular weight is 380 g/mol. The lowest BCUT2D eigenvalue weighted by Crippen LogP contribution is -2.32. The van der Waals surface area contributed by atoms with Crippen molar-refractivity contribution < 1.29 is 9.90 Å². The van der Waals surface area contributed by atoms with Crippen molar-refractivity contribution in [2.75, 3.05) is 5.32 Å². The van der Waals surface area contributed by atoms with Crippen LogP contribution in [0.15, 0.2) is 109 Å². The van der Waals surface area contributed by atoms with E-state index in [0.717, 1.165) is 0 Å². The lowest BCUT2D eigenvalue weighted by Gasteiger charge is -2.30. The monoisotopic (exact) mass is 380 g/mol. The number of hydrogen-bond donors (Lipinski definition) is 2. The molecule has 1 atom stereocenters. The third-order valence-corrected chi connectivity index (χ3v) is 4.82. The summed E-state index contributed by atoms with van der Waals surface area (Å²) in [6.45, 7) is 0. The molecule has 1 heterocycles. The van der Waals surface area contributed by atoms with Crippen LogP contribution in [0.5, 0.6) is 0 Å². The van der Waals surface area contributed by atoms with E-state index in [1.165, 1.54) is 0 Å². The molecule has 4 heteroatoms. The molecule has 0 radical (unpaired) electrons. The van der Waals surface area contributed by atoms with Crippen LogP contribution in [0, 0.1) is 0 Å². The molecule has 1 unspecified atom stereocenters. The van der Waals surface area contributed by atoms with Crippen LogP contribution in [0.2, 0.25) is 0 Å². The van der Waals surface area contributed by atoms with Gasteiger partial charge in [-0.3, -0.25) is 9.78 Å². The van der Waals surface area contributed by atoms with Crippen LogP contribution in [0.1, 0.15) is 27.2 Å². The van der Waals surface area contributed by atoms with Crippen LogP contribution in [0.25, 0.3) is 0 Å². The summed E-state index contributed by atoms with van der Waals surface area (Å²) in [6.07, 6.45) is 1.63. The maximum atomic E-state index is 13.1. The summed E-state index contributed by atoms with van der Waals surface area (Å²) in [5, 5.41) is 14.9. The van der Waals surface area contributed by atoms with E-state index in [0.29, 0.717) is 28.1 Å². The molecule has 0 saturated heterocycles. The number of hydrogen-bond acceptors (Lipinski definition) is 3. The summed E-state index contributed by atoms with van der Waals surface area (Å²) < 4.78 is 0. The van der Waals surface area contributed by atoms with Gasteiger partial charge in [-0.1, -0.05) is 72.8 Å². The first kappa shape index (κ1) is 18.6. The van der Waals surface area contributed by atoms with Gasteiger partial charge >= 0.3 is 0 Å². The summed E-state index contributed by atoms with van der Waals surface area (Å²) in [5.74, 6) is -0.294. The van der Waals surface area contributed by atoms with Crippen molar-refractivity contribution >= 4 is 11.6 Å². The highest BCUT2D eigenvalue weighted by Crippen LogP contribution is 2.37. The van der Waals surface area contributed by atoms with E-state index in [1.807, 2.05) is 72.8 Å². The molecular weight excluding hydrogens is 360 g/mol. The number of benzene rings is 3. The van der Waals surface area contributed by atoms with E-state index < -0.39 is 5.60 Å². The van der Waals surface area contributed by atoms with Gasteiger partial charge in [-0.05, 0) is 35.9 Å². The van der Waals surface area contributed by atoms with Crippen molar-refractivity contribution in [2.45, 2.75) is 5.60 Å². The Morgan fingerprint density at radius 1 is 0.759 bits per heavy atom. The van der Waals surface area contributed by atoms with Gasteiger partial charge in [-0.25, -0.2) is 0 Å². The van der Waals surface area contributed by atoms with Gasteiger partial charge in [0.05, 0.1) is 5.69 Å². The molecule has 0 fully saturated rings. The Morgan fingerprint density at radius 3 is 2.07 bits per heavy atom. The number of pyridine rings is 1. The topological polar surface area (TPSA) is 62.2 Å².